The molecule has 0 spiro atoms. The van der Waals surface area contributed by atoms with E-state index in [0.717, 1.165) is 18.6 Å². The fourth-order valence-corrected chi connectivity index (χ4v) is 3.31. The van der Waals surface area contributed by atoms with Crippen molar-refractivity contribution >= 4 is 16.6 Å². The highest BCUT2D eigenvalue weighted by Crippen LogP contribution is 2.39. The van der Waals surface area contributed by atoms with Gasteiger partial charge in [-0.2, -0.15) is 0 Å². The summed E-state index contributed by atoms with van der Waals surface area (Å²) in [5.74, 6) is 0. The third kappa shape index (κ3) is 3.41. The largest absolute Gasteiger partial charge is 0.395 e. The molecule has 1 aromatic heterocycles. The normalized spacial score (nSPS) is 14.9. The van der Waals surface area contributed by atoms with Gasteiger partial charge in [0.05, 0.1) is 12.1 Å². The number of hydrogen-bond donors (Lipinski definition) is 1. The molecule has 2 heterocycles. The first-order valence-corrected chi connectivity index (χ1v) is 8.37. The van der Waals surface area contributed by atoms with Gasteiger partial charge in [0, 0.05) is 35.8 Å². The molecule has 0 unspecified atom stereocenters. The summed E-state index contributed by atoms with van der Waals surface area (Å²) in [7, 11) is 0. The van der Waals surface area contributed by atoms with Crippen molar-refractivity contribution in [3.63, 3.8) is 0 Å². The van der Waals surface area contributed by atoms with Crippen LogP contribution in [0.4, 0.5) is 5.69 Å². The van der Waals surface area contributed by atoms with Crippen molar-refractivity contribution in [2.45, 2.75) is 19.3 Å². The molecule has 1 aliphatic heterocycles. The number of aliphatic hydroxyl groups excluding tert-OH is 1. The molecule has 24 heavy (non-hydrogen) atoms. The van der Waals surface area contributed by atoms with Crippen LogP contribution >= 0.6 is 0 Å². The van der Waals surface area contributed by atoms with Crippen LogP contribution in [0.5, 0.6) is 0 Å². The summed E-state index contributed by atoms with van der Waals surface area (Å²) in [4.78, 5) is 6.44. The summed E-state index contributed by atoms with van der Waals surface area (Å²) in [6.45, 7) is 6.48. The quantitative estimate of drug-likeness (QED) is 0.775. The maximum absolute atomic E-state index is 8.98. The Bertz CT molecular complexity index is 748. The topological polar surface area (TPSA) is 36.4 Å². The Morgan fingerprint density at radius 1 is 1.00 bits per heavy atom. The average molecular weight is 320 g/mol. The van der Waals surface area contributed by atoms with Crippen molar-refractivity contribution in [3.05, 3.63) is 72.4 Å². The predicted molar refractivity (Wildman–Crippen MR) is 101 cm³/mol. The van der Waals surface area contributed by atoms with E-state index in [1.54, 1.807) is 0 Å². The number of hydrogen-bond acceptors (Lipinski definition) is 3. The second kappa shape index (κ2) is 7.02. The van der Waals surface area contributed by atoms with Gasteiger partial charge in [-0.25, -0.2) is 0 Å². The van der Waals surface area contributed by atoms with Crippen LogP contribution < -0.4 is 4.90 Å². The highest BCUT2D eigenvalue weighted by molar-refractivity contribution is 5.77. The zero-order chi connectivity index (χ0) is 17.0. The zero-order valence-electron chi connectivity index (χ0n) is 14.3. The van der Waals surface area contributed by atoms with Crippen molar-refractivity contribution in [1.82, 2.24) is 4.98 Å². The second-order valence-electron chi connectivity index (χ2n) is 6.74. The number of fused-ring (bicyclic) bond motifs is 2. The van der Waals surface area contributed by atoms with Crippen LogP contribution in [0.1, 0.15) is 19.4 Å². The first-order chi connectivity index (χ1) is 11.6. The van der Waals surface area contributed by atoms with E-state index in [-0.39, 0.29) is 12.0 Å². The van der Waals surface area contributed by atoms with Crippen LogP contribution in [0.3, 0.4) is 0 Å². The standard InChI is InChI=1S/C12H17NO.C9H7N/c1-12(2)9-13(7-8-14)11-6-4-3-5-10(11)12;1-2-6-9-8(4-1)5-3-7-10-9/h3-6,14H,7-9H2,1-2H3;1-7H. The van der Waals surface area contributed by atoms with Crippen molar-refractivity contribution in [2.24, 2.45) is 0 Å². The fraction of sp³-hybridized carbons (Fsp3) is 0.286. The summed E-state index contributed by atoms with van der Waals surface area (Å²) in [5.41, 5.74) is 3.95. The molecule has 0 atom stereocenters. The lowest BCUT2D eigenvalue weighted by Gasteiger charge is -2.21. The molecule has 0 fully saturated rings. The fourth-order valence-electron chi connectivity index (χ4n) is 3.31. The van der Waals surface area contributed by atoms with Crippen molar-refractivity contribution in [1.29, 1.82) is 0 Å². The average Bonchev–Trinajstić information content (AvgIpc) is 2.87. The monoisotopic (exact) mass is 320 g/mol. The van der Waals surface area contributed by atoms with E-state index < -0.39 is 0 Å². The van der Waals surface area contributed by atoms with Gasteiger partial charge < -0.3 is 10.0 Å². The van der Waals surface area contributed by atoms with Crippen LogP contribution in [0.15, 0.2) is 66.9 Å². The minimum Gasteiger partial charge on any atom is -0.395 e. The van der Waals surface area contributed by atoms with Gasteiger partial charge in [0.1, 0.15) is 0 Å². The molecule has 0 saturated heterocycles. The van der Waals surface area contributed by atoms with Crippen molar-refractivity contribution in [3.8, 4) is 0 Å². The Morgan fingerprint density at radius 3 is 2.50 bits per heavy atom. The molecule has 0 bridgehead atoms. The van der Waals surface area contributed by atoms with E-state index in [4.69, 9.17) is 5.11 Å². The summed E-state index contributed by atoms with van der Waals surface area (Å²) in [6, 6.07) is 20.6. The number of benzene rings is 2. The Labute approximate surface area is 143 Å². The lowest BCUT2D eigenvalue weighted by atomic mass is 9.87. The third-order valence-electron chi connectivity index (χ3n) is 4.44. The molecule has 124 valence electrons. The third-order valence-corrected chi connectivity index (χ3v) is 4.44. The summed E-state index contributed by atoms with van der Waals surface area (Å²) in [5, 5.41) is 10.2. The Hall–Kier alpha value is -2.39. The molecule has 4 rings (SSSR count). The number of nitrogens with zero attached hydrogens (tertiary/aromatic N) is 2. The molecule has 3 nitrogen and oxygen atoms in total. The summed E-state index contributed by atoms with van der Waals surface area (Å²) < 4.78 is 0. The van der Waals surface area contributed by atoms with E-state index in [1.165, 1.54) is 16.6 Å². The van der Waals surface area contributed by atoms with Gasteiger partial charge in [-0.15, -0.1) is 0 Å². The number of para-hydroxylation sites is 2. The van der Waals surface area contributed by atoms with E-state index in [9.17, 15) is 0 Å². The Balaban J connectivity index is 0.000000149. The van der Waals surface area contributed by atoms with Crippen LogP contribution in [-0.4, -0.2) is 29.8 Å². The number of pyridine rings is 1. The maximum Gasteiger partial charge on any atom is 0.0701 e. The zero-order valence-corrected chi connectivity index (χ0v) is 14.3. The van der Waals surface area contributed by atoms with E-state index in [1.807, 2.05) is 30.5 Å². The van der Waals surface area contributed by atoms with Gasteiger partial charge in [-0.3, -0.25) is 4.98 Å². The number of aromatic nitrogens is 1. The van der Waals surface area contributed by atoms with Gasteiger partial charge in [0.25, 0.3) is 0 Å². The number of rotatable bonds is 2. The molecule has 0 saturated carbocycles. The minimum atomic E-state index is 0.214. The Morgan fingerprint density at radius 2 is 1.71 bits per heavy atom. The summed E-state index contributed by atoms with van der Waals surface area (Å²) in [6.07, 6.45) is 1.81. The van der Waals surface area contributed by atoms with Crippen LogP contribution in [-0.2, 0) is 5.41 Å². The molecule has 0 radical (unpaired) electrons. The maximum atomic E-state index is 8.98. The van der Waals surface area contributed by atoms with E-state index >= 15 is 0 Å². The van der Waals surface area contributed by atoms with Gasteiger partial charge >= 0.3 is 0 Å². The van der Waals surface area contributed by atoms with Gasteiger partial charge in [0.15, 0.2) is 0 Å². The molecule has 2 aromatic carbocycles. The molecular formula is C21H24N2O. The highest BCUT2D eigenvalue weighted by Gasteiger charge is 2.33. The van der Waals surface area contributed by atoms with Crippen molar-refractivity contribution in [2.75, 3.05) is 24.6 Å². The highest BCUT2D eigenvalue weighted by atomic mass is 16.3. The van der Waals surface area contributed by atoms with Crippen LogP contribution in [0.2, 0.25) is 0 Å². The van der Waals surface area contributed by atoms with Gasteiger partial charge in [0.2, 0.25) is 0 Å². The smallest absolute Gasteiger partial charge is 0.0701 e. The number of β-amino-alcohol motifs (C(OH)–C–C–N with tert-alkyl or cyclic N) is 1. The van der Waals surface area contributed by atoms with Gasteiger partial charge in [-0.05, 0) is 23.8 Å². The summed E-state index contributed by atoms with van der Waals surface area (Å²) >= 11 is 0. The minimum absolute atomic E-state index is 0.214. The predicted octanol–water partition coefficient (Wildman–Crippen LogP) is 4.01. The molecular weight excluding hydrogens is 296 g/mol. The lowest BCUT2D eigenvalue weighted by molar-refractivity contribution is 0.301. The van der Waals surface area contributed by atoms with E-state index in [0.29, 0.717) is 0 Å². The van der Waals surface area contributed by atoms with Crippen LogP contribution in [0, 0.1) is 0 Å². The van der Waals surface area contributed by atoms with E-state index in [2.05, 4.69) is 60.1 Å². The molecule has 0 aliphatic carbocycles. The first-order valence-electron chi connectivity index (χ1n) is 8.37. The molecule has 3 aromatic rings. The SMILES string of the molecule is CC1(C)CN(CCO)c2ccccc21.c1ccc2ncccc2c1. The first kappa shape index (κ1) is 16.5. The van der Waals surface area contributed by atoms with Crippen molar-refractivity contribution < 1.29 is 5.11 Å². The number of anilines is 1. The Kier molecular flexibility index (Phi) is 4.81. The second-order valence-corrected chi connectivity index (χ2v) is 6.74. The van der Waals surface area contributed by atoms with Gasteiger partial charge in [-0.1, -0.05) is 56.3 Å². The lowest BCUT2D eigenvalue weighted by Crippen LogP contribution is -2.30. The molecule has 3 heteroatoms. The number of aliphatic hydroxyl groups is 1. The van der Waals surface area contributed by atoms with Crippen LogP contribution in [0.25, 0.3) is 10.9 Å². The molecule has 1 aliphatic rings. The molecule has 0 amide bonds. The molecule has 1 N–H and O–H groups in total.